The lowest BCUT2D eigenvalue weighted by Gasteiger charge is -2.26. The zero-order valence-electron chi connectivity index (χ0n) is 22.4. The second-order valence-corrected chi connectivity index (χ2v) is 9.26. The number of benzene rings is 1. The molecule has 2 amide bonds. The Hall–Kier alpha value is -3.96. The number of carbonyl (C=O) groups is 2. The van der Waals surface area contributed by atoms with E-state index < -0.39 is 0 Å². The zero-order valence-corrected chi connectivity index (χ0v) is 22.4. The molecule has 0 radical (unpaired) electrons. The maximum absolute atomic E-state index is 12.5. The molecule has 208 valence electrons. The van der Waals surface area contributed by atoms with Crippen LogP contribution in [0.2, 0.25) is 0 Å². The molecule has 1 aromatic carbocycles. The van der Waals surface area contributed by atoms with Gasteiger partial charge in [-0.3, -0.25) is 9.69 Å². The number of morpholine rings is 1. The predicted molar refractivity (Wildman–Crippen MR) is 151 cm³/mol. The quantitative estimate of drug-likeness (QED) is 0.254. The van der Waals surface area contributed by atoms with Crippen LogP contribution in [0, 0.1) is 0 Å². The largest absolute Gasteiger partial charge is 0.450 e. The molecule has 0 aliphatic carbocycles. The minimum absolute atomic E-state index is 0.106. The van der Waals surface area contributed by atoms with E-state index in [-0.39, 0.29) is 18.0 Å². The number of hydrogen-bond donors (Lipinski definition) is 3. The van der Waals surface area contributed by atoms with Crippen LogP contribution in [-0.4, -0.2) is 91.8 Å². The Morgan fingerprint density at radius 3 is 2.67 bits per heavy atom. The molecule has 4 rings (SSSR count). The fourth-order valence-electron chi connectivity index (χ4n) is 4.46. The molecule has 11 heteroatoms. The van der Waals surface area contributed by atoms with Crippen LogP contribution >= 0.6 is 0 Å². The van der Waals surface area contributed by atoms with Gasteiger partial charge in [0.25, 0.3) is 5.91 Å². The SMILES string of the molecule is CCOC(=O)N1CC=C(c2cccnc2N=C(N)Nc2ccc(C(=O)NCCCN3CCOCC3)cc2)CC1. The summed E-state index contributed by atoms with van der Waals surface area (Å²) in [5, 5.41) is 6.04. The lowest BCUT2D eigenvalue weighted by atomic mass is 10.0. The first kappa shape index (κ1) is 28.1. The molecule has 39 heavy (non-hydrogen) atoms. The molecule has 1 saturated heterocycles. The first-order valence-corrected chi connectivity index (χ1v) is 13.4. The highest BCUT2D eigenvalue weighted by molar-refractivity contribution is 5.97. The van der Waals surface area contributed by atoms with E-state index in [1.165, 1.54) is 0 Å². The molecule has 2 aromatic rings. The lowest BCUT2D eigenvalue weighted by molar-refractivity contribution is 0.0374. The topological polar surface area (TPSA) is 134 Å². The van der Waals surface area contributed by atoms with Crippen LogP contribution in [0.5, 0.6) is 0 Å². The monoisotopic (exact) mass is 535 g/mol. The van der Waals surface area contributed by atoms with Crippen LogP contribution in [0.25, 0.3) is 5.57 Å². The van der Waals surface area contributed by atoms with Gasteiger partial charge in [-0.25, -0.2) is 9.78 Å². The summed E-state index contributed by atoms with van der Waals surface area (Å²) in [4.78, 5) is 37.4. The van der Waals surface area contributed by atoms with Crippen molar-refractivity contribution in [2.45, 2.75) is 19.8 Å². The molecule has 0 atom stereocenters. The van der Waals surface area contributed by atoms with Gasteiger partial charge >= 0.3 is 6.09 Å². The third kappa shape index (κ3) is 8.26. The summed E-state index contributed by atoms with van der Waals surface area (Å²) in [6.45, 7) is 8.20. The van der Waals surface area contributed by atoms with Crippen LogP contribution in [0.1, 0.15) is 35.7 Å². The zero-order chi connectivity index (χ0) is 27.5. The van der Waals surface area contributed by atoms with E-state index in [1.807, 2.05) is 18.2 Å². The fraction of sp³-hybridized carbons (Fsp3) is 0.429. The summed E-state index contributed by atoms with van der Waals surface area (Å²) in [6.07, 6.45) is 4.91. The van der Waals surface area contributed by atoms with Crippen LogP contribution in [0.3, 0.4) is 0 Å². The molecule has 3 heterocycles. The Morgan fingerprint density at radius 2 is 1.95 bits per heavy atom. The lowest BCUT2D eigenvalue weighted by Crippen LogP contribution is -2.38. The Morgan fingerprint density at radius 1 is 1.15 bits per heavy atom. The molecule has 0 unspecified atom stereocenters. The number of hydrogen-bond acceptors (Lipinski definition) is 7. The van der Waals surface area contributed by atoms with Gasteiger partial charge in [-0.2, -0.15) is 4.99 Å². The molecule has 0 spiro atoms. The number of nitrogens with two attached hydrogens (primary N) is 1. The minimum atomic E-state index is -0.307. The minimum Gasteiger partial charge on any atom is -0.450 e. The van der Waals surface area contributed by atoms with Crippen molar-refractivity contribution in [3.05, 3.63) is 59.8 Å². The van der Waals surface area contributed by atoms with E-state index >= 15 is 0 Å². The maximum Gasteiger partial charge on any atom is 0.410 e. The number of aliphatic imine (C=N–C) groups is 1. The van der Waals surface area contributed by atoms with Crippen LogP contribution < -0.4 is 16.4 Å². The van der Waals surface area contributed by atoms with Gasteiger partial charge in [0.1, 0.15) is 0 Å². The molecule has 4 N–H and O–H groups in total. The third-order valence-electron chi connectivity index (χ3n) is 6.55. The normalized spacial score (nSPS) is 16.4. The van der Waals surface area contributed by atoms with Gasteiger partial charge in [0.05, 0.1) is 19.8 Å². The van der Waals surface area contributed by atoms with E-state index in [4.69, 9.17) is 15.2 Å². The van der Waals surface area contributed by atoms with Crippen LogP contribution in [-0.2, 0) is 9.47 Å². The number of anilines is 1. The van der Waals surface area contributed by atoms with Crippen LogP contribution in [0.15, 0.2) is 53.7 Å². The van der Waals surface area contributed by atoms with Crippen molar-refractivity contribution in [2.24, 2.45) is 10.7 Å². The second kappa shape index (κ2) is 14.3. The van der Waals surface area contributed by atoms with Crippen molar-refractivity contribution < 1.29 is 19.1 Å². The van der Waals surface area contributed by atoms with Gasteiger partial charge in [0.2, 0.25) is 0 Å². The number of carbonyl (C=O) groups excluding carboxylic acids is 2. The van der Waals surface area contributed by atoms with E-state index in [1.54, 1.807) is 42.3 Å². The van der Waals surface area contributed by atoms with Crippen molar-refractivity contribution in [1.82, 2.24) is 20.1 Å². The average molecular weight is 536 g/mol. The standard InChI is InChI=1S/C28H37N7O4/c1-2-39-28(37)35-15-10-21(11-16-35)24-5-3-12-30-25(24)33-27(29)32-23-8-6-22(7-9-23)26(36)31-13-4-14-34-17-19-38-20-18-34/h3,5-10,12H,2,4,11,13-20H2,1H3,(H,31,36)(H3,29,30,32,33). The molecule has 1 fully saturated rings. The summed E-state index contributed by atoms with van der Waals surface area (Å²) in [6, 6.07) is 10.9. The summed E-state index contributed by atoms with van der Waals surface area (Å²) < 4.78 is 10.5. The maximum atomic E-state index is 12.5. The summed E-state index contributed by atoms with van der Waals surface area (Å²) in [7, 11) is 0. The Balaban J connectivity index is 1.30. The van der Waals surface area contributed by atoms with E-state index in [0.29, 0.717) is 49.7 Å². The van der Waals surface area contributed by atoms with Crippen molar-refractivity contribution in [3.63, 3.8) is 0 Å². The number of nitrogens with zero attached hydrogens (tertiary/aromatic N) is 4. The number of amides is 2. The van der Waals surface area contributed by atoms with Crippen molar-refractivity contribution >= 4 is 35.0 Å². The van der Waals surface area contributed by atoms with Gasteiger partial charge < -0.3 is 30.7 Å². The van der Waals surface area contributed by atoms with Gasteiger partial charge in [0.15, 0.2) is 11.8 Å². The highest BCUT2D eigenvalue weighted by atomic mass is 16.6. The van der Waals surface area contributed by atoms with Crippen molar-refractivity contribution in [2.75, 3.05) is 64.4 Å². The number of rotatable bonds is 9. The number of nitrogens with one attached hydrogen (secondary N) is 2. The van der Waals surface area contributed by atoms with E-state index in [0.717, 1.165) is 50.4 Å². The molecular weight excluding hydrogens is 498 g/mol. The molecule has 11 nitrogen and oxygen atoms in total. The number of ether oxygens (including phenoxy) is 2. The Kier molecular flexibility index (Phi) is 10.3. The van der Waals surface area contributed by atoms with E-state index in [2.05, 4.69) is 25.5 Å². The van der Waals surface area contributed by atoms with Gasteiger partial charge in [-0.15, -0.1) is 0 Å². The summed E-state index contributed by atoms with van der Waals surface area (Å²) in [5.41, 5.74) is 9.40. The van der Waals surface area contributed by atoms with Gasteiger partial charge in [0, 0.05) is 55.7 Å². The van der Waals surface area contributed by atoms with Crippen LogP contribution in [0.4, 0.5) is 16.3 Å². The summed E-state index contributed by atoms with van der Waals surface area (Å²) in [5.74, 6) is 0.566. The first-order chi connectivity index (χ1) is 19.0. The molecule has 0 saturated carbocycles. The molecule has 1 aromatic heterocycles. The highest BCUT2D eigenvalue weighted by Crippen LogP contribution is 2.29. The van der Waals surface area contributed by atoms with Crippen molar-refractivity contribution in [1.29, 1.82) is 0 Å². The average Bonchev–Trinajstić information content (AvgIpc) is 2.96. The van der Waals surface area contributed by atoms with Gasteiger partial charge in [-0.1, -0.05) is 6.08 Å². The third-order valence-corrected chi connectivity index (χ3v) is 6.55. The van der Waals surface area contributed by atoms with Gasteiger partial charge in [-0.05, 0) is 68.3 Å². The number of guanidine groups is 1. The fourth-order valence-corrected chi connectivity index (χ4v) is 4.46. The smallest absolute Gasteiger partial charge is 0.410 e. The second-order valence-electron chi connectivity index (χ2n) is 9.26. The summed E-state index contributed by atoms with van der Waals surface area (Å²) >= 11 is 0. The Bertz CT molecular complexity index is 1180. The molecular formula is C28H37N7O4. The Labute approximate surface area is 229 Å². The highest BCUT2D eigenvalue weighted by Gasteiger charge is 2.20. The predicted octanol–water partition coefficient (Wildman–Crippen LogP) is 2.84. The number of aromatic nitrogens is 1. The molecule has 2 aliphatic rings. The molecule has 0 bridgehead atoms. The van der Waals surface area contributed by atoms with Crippen molar-refractivity contribution in [3.8, 4) is 0 Å². The number of pyridine rings is 1. The first-order valence-electron chi connectivity index (χ1n) is 13.4. The molecule has 2 aliphatic heterocycles. The van der Waals surface area contributed by atoms with E-state index in [9.17, 15) is 9.59 Å².